The van der Waals surface area contributed by atoms with Crippen molar-refractivity contribution in [3.63, 3.8) is 0 Å². The minimum atomic E-state index is -0.0335. The molecular formula is C19H30O2S. The van der Waals surface area contributed by atoms with Gasteiger partial charge in [0.2, 0.25) is 0 Å². The van der Waals surface area contributed by atoms with Crippen molar-refractivity contribution >= 4 is 17.7 Å². The smallest absolute Gasteiger partial charge is 0.305 e. The predicted molar refractivity (Wildman–Crippen MR) is 96.2 cm³/mol. The number of esters is 1. The summed E-state index contributed by atoms with van der Waals surface area (Å²) in [6, 6.07) is 10.4. The Balaban J connectivity index is 1.87. The van der Waals surface area contributed by atoms with E-state index >= 15 is 0 Å². The van der Waals surface area contributed by atoms with Crippen molar-refractivity contribution in [2.24, 2.45) is 0 Å². The number of benzene rings is 1. The van der Waals surface area contributed by atoms with Gasteiger partial charge in [-0.2, -0.15) is 11.8 Å². The number of hydrogen-bond acceptors (Lipinski definition) is 3. The third-order valence-corrected chi connectivity index (χ3v) is 4.58. The molecule has 0 radical (unpaired) electrons. The zero-order chi connectivity index (χ0) is 15.9. The highest BCUT2D eigenvalue weighted by atomic mass is 32.2. The second-order valence-corrected chi connectivity index (χ2v) is 6.74. The number of hydrogen-bond donors (Lipinski definition) is 0. The second kappa shape index (κ2) is 13.7. The summed E-state index contributed by atoms with van der Waals surface area (Å²) in [6.45, 7) is 2.76. The van der Waals surface area contributed by atoms with Crippen molar-refractivity contribution in [3.05, 3.63) is 35.9 Å². The quantitative estimate of drug-likeness (QED) is 0.349. The minimum absolute atomic E-state index is 0.0335. The van der Waals surface area contributed by atoms with E-state index in [1.54, 1.807) is 0 Å². The van der Waals surface area contributed by atoms with Gasteiger partial charge < -0.3 is 4.74 Å². The molecule has 0 aliphatic rings. The molecule has 0 bridgehead atoms. The first-order valence-corrected chi connectivity index (χ1v) is 9.75. The van der Waals surface area contributed by atoms with Crippen LogP contribution in [0.15, 0.2) is 30.3 Å². The summed E-state index contributed by atoms with van der Waals surface area (Å²) in [7, 11) is 0. The zero-order valence-corrected chi connectivity index (χ0v) is 14.7. The maximum Gasteiger partial charge on any atom is 0.305 e. The molecule has 124 valence electrons. The van der Waals surface area contributed by atoms with Crippen molar-refractivity contribution in [3.8, 4) is 0 Å². The first kappa shape index (κ1) is 19.1. The third-order valence-electron chi connectivity index (χ3n) is 3.59. The van der Waals surface area contributed by atoms with Gasteiger partial charge in [0.15, 0.2) is 0 Å². The predicted octanol–water partition coefficient (Wildman–Crippen LogP) is 5.60. The van der Waals surface area contributed by atoms with E-state index < -0.39 is 0 Å². The number of thioether (sulfide) groups is 1. The van der Waals surface area contributed by atoms with Crippen LogP contribution in [0.5, 0.6) is 0 Å². The first-order chi connectivity index (χ1) is 10.8. The average molecular weight is 323 g/mol. The van der Waals surface area contributed by atoms with E-state index in [0.29, 0.717) is 13.0 Å². The molecule has 0 aliphatic carbocycles. The van der Waals surface area contributed by atoms with Crippen molar-refractivity contribution in [2.75, 3.05) is 12.4 Å². The Morgan fingerprint density at radius 2 is 1.68 bits per heavy atom. The molecular weight excluding hydrogens is 292 g/mol. The zero-order valence-electron chi connectivity index (χ0n) is 13.9. The van der Waals surface area contributed by atoms with Crippen LogP contribution >= 0.6 is 11.8 Å². The lowest BCUT2D eigenvalue weighted by Crippen LogP contribution is -2.07. The standard InChI is InChI=1S/C19H30O2S/c1-2-3-4-5-6-7-11-14-19(20)21-15-16-22-17-18-12-9-8-10-13-18/h8-10,12-13H,2-7,11,14-17H2,1H3. The van der Waals surface area contributed by atoms with Gasteiger partial charge in [0.1, 0.15) is 6.61 Å². The van der Waals surface area contributed by atoms with Crippen molar-refractivity contribution in [1.29, 1.82) is 0 Å². The fourth-order valence-electron chi connectivity index (χ4n) is 2.28. The monoisotopic (exact) mass is 322 g/mol. The Morgan fingerprint density at radius 1 is 1.00 bits per heavy atom. The van der Waals surface area contributed by atoms with Crippen LogP contribution in [0.4, 0.5) is 0 Å². The maximum absolute atomic E-state index is 11.6. The van der Waals surface area contributed by atoms with Gasteiger partial charge in [0, 0.05) is 17.9 Å². The summed E-state index contributed by atoms with van der Waals surface area (Å²) in [5.41, 5.74) is 1.32. The third kappa shape index (κ3) is 10.7. The molecule has 2 nitrogen and oxygen atoms in total. The lowest BCUT2D eigenvalue weighted by molar-refractivity contribution is -0.143. The first-order valence-electron chi connectivity index (χ1n) is 8.60. The van der Waals surface area contributed by atoms with Crippen LogP contribution in [0, 0.1) is 0 Å². The SMILES string of the molecule is CCCCCCCCCC(=O)OCCSCc1ccccc1. The number of rotatable bonds is 13. The molecule has 0 amide bonds. The summed E-state index contributed by atoms with van der Waals surface area (Å²) in [6.07, 6.45) is 9.22. The molecule has 0 spiro atoms. The Bertz CT molecular complexity index is 378. The van der Waals surface area contributed by atoms with Gasteiger partial charge in [-0.1, -0.05) is 75.8 Å². The minimum Gasteiger partial charge on any atom is -0.465 e. The largest absolute Gasteiger partial charge is 0.465 e. The molecule has 0 N–H and O–H groups in total. The summed E-state index contributed by atoms with van der Waals surface area (Å²) >= 11 is 1.81. The van der Waals surface area contributed by atoms with Crippen molar-refractivity contribution < 1.29 is 9.53 Å². The molecule has 0 heterocycles. The average Bonchev–Trinajstić information content (AvgIpc) is 2.54. The molecule has 22 heavy (non-hydrogen) atoms. The normalized spacial score (nSPS) is 10.6. The fraction of sp³-hybridized carbons (Fsp3) is 0.632. The molecule has 0 aliphatic heterocycles. The molecule has 0 saturated heterocycles. The summed E-state index contributed by atoms with van der Waals surface area (Å²) in [4.78, 5) is 11.6. The van der Waals surface area contributed by atoms with Crippen molar-refractivity contribution in [1.82, 2.24) is 0 Å². The van der Waals surface area contributed by atoms with E-state index in [1.807, 2.05) is 17.8 Å². The number of unbranched alkanes of at least 4 members (excludes halogenated alkanes) is 6. The topological polar surface area (TPSA) is 26.3 Å². The Labute approximate surface area is 140 Å². The van der Waals surface area contributed by atoms with Crippen LogP contribution in [-0.4, -0.2) is 18.3 Å². The Kier molecular flexibility index (Phi) is 11.9. The summed E-state index contributed by atoms with van der Waals surface area (Å²) in [5.74, 6) is 1.82. The van der Waals surface area contributed by atoms with E-state index in [2.05, 4.69) is 31.2 Å². The van der Waals surface area contributed by atoms with E-state index in [-0.39, 0.29) is 5.97 Å². The lowest BCUT2D eigenvalue weighted by Gasteiger charge is -2.05. The van der Waals surface area contributed by atoms with Gasteiger partial charge in [-0.25, -0.2) is 0 Å². The molecule has 0 aromatic heterocycles. The molecule has 0 fully saturated rings. The van der Waals surface area contributed by atoms with Crippen molar-refractivity contribution in [2.45, 2.75) is 64.0 Å². The maximum atomic E-state index is 11.6. The molecule has 0 unspecified atom stereocenters. The van der Waals surface area contributed by atoms with Crippen LogP contribution in [0.25, 0.3) is 0 Å². The summed E-state index contributed by atoms with van der Waals surface area (Å²) < 4.78 is 5.27. The summed E-state index contributed by atoms with van der Waals surface area (Å²) in [5, 5.41) is 0. The van der Waals surface area contributed by atoms with Gasteiger partial charge >= 0.3 is 5.97 Å². The molecule has 1 aromatic rings. The van der Waals surface area contributed by atoms with Gasteiger partial charge in [0.25, 0.3) is 0 Å². The molecule has 0 saturated carbocycles. The highest BCUT2D eigenvalue weighted by Crippen LogP contribution is 2.12. The number of ether oxygens (including phenoxy) is 1. The second-order valence-electron chi connectivity index (χ2n) is 5.63. The fourth-order valence-corrected chi connectivity index (χ4v) is 3.05. The Morgan fingerprint density at radius 3 is 2.41 bits per heavy atom. The molecule has 3 heteroatoms. The van der Waals surface area contributed by atoms with E-state index in [4.69, 9.17) is 4.74 Å². The molecule has 0 atom stereocenters. The van der Waals surface area contributed by atoms with Crippen LogP contribution < -0.4 is 0 Å². The van der Waals surface area contributed by atoms with E-state index in [0.717, 1.165) is 24.3 Å². The van der Waals surface area contributed by atoms with E-state index in [1.165, 1.54) is 37.7 Å². The molecule has 1 rings (SSSR count). The highest BCUT2D eigenvalue weighted by molar-refractivity contribution is 7.98. The number of carbonyl (C=O) groups is 1. The van der Waals surface area contributed by atoms with Gasteiger partial charge in [-0.15, -0.1) is 0 Å². The van der Waals surface area contributed by atoms with Crippen LogP contribution in [0.2, 0.25) is 0 Å². The Hall–Kier alpha value is -0.960. The van der Waals surface area contributed by atoms with Gasteiger partial charge in [-0.05, 0) is 12.0 Å². The lowest BCUT2D eigenvalue weighted by atomic mass is 10.1. The highest BCUT2D eigenvalue weighted by Gasteiger charge is 2.02. The van der Waals surface area contributed by atoms with Crippen LogP contribution in [-0.2, 0) is 15.3 Å². The van der Waals surface area contributed by atoms with Gasteiger partial charge in [-0.3, -0.25) is 4.79 Å². The molecule has 1 aromatic carbocycles. The number of carbonyl (C=O) groups excluding carboxylic acids is 1. The van der Waals surface area contributed by atoms with Gasteiger partial charge in [0.05, 0.1) is 0 Å². The van der Waals surface area contributed by atoms with Crippen LogP contribution in [0.1, 0.15) is 63.9 Å². The van der Waals surface area contributed by atoms with E-state index in [9.17, 15) is 4.79 Å². The van der Waals surface area contributed by atoms with Crippen LogP contribution in [0.3, 0.4) is 0 Å².